The second kappa shape index (κ2) is 15.0. The highest BCUT2D eigenvalue weighted by Gasteiger charge is 2.37. The molecule has 3 atom stereocenters. The van der Waals surface area contributed by atoms with E-state index in [1.54, 1.807) is 0 Å². The summed E-state index contributed by atoms with van der Waals surface area (Å²) in [7, 11) is 0. The molecule has 0 heteroatoms. The second-order valence-electron chi connectivity index (χ2n) is 20.3. The molecule has 0 radical (unpaired) electrons. The summed E-state index contributed by atoms with van der Waals surface area (Å²) in [5, 5.41) is 5.63. The fourth-order valence-corrected chi connectivity index (χ4v) is 13.6. The smallest absolute Gasteiger partial charge is 0.0193 e. The third kappa shape index (κ3) is 5.67. The van der Waals surface area contributed by atoms with Gasteiger partial charge in [0.2, 0.25) is 0 Å². The molecule has 0 saturated carbocycles. The minimum absolute atomic E-state index is 0.147. The fraction of sp³-hybridized carbons (Fsp3) is 0.147. The molecular weight excluding hydrogens is 817 g/mol. The Morgan fingerprint density at radius 3 is 1.81 bits per heavy atom. The van der Waals surface area contributed by atoms with Crippen LogP contribution in [0.5, 0.6) is 0 Å². The minimum Gasteiger partial charge on any atom is -0.0837 e. The van der Waals surface area contributed by atoms with Crippen molar-refractivity contribution >= 4 is 38.6 Å². The SMILES string of the molecule is CC1=C(c2ccc3c4c(cccc24)-c2cc4c(cc2-3)C(c2ccccc2C)=CC2=CC=C(C3=c5cccc6c5=C(CC3)c3ccccc3-6)C3C=CC=C(C=C4c4ccccc4C)C23)C(C)CC=C1. The van der Waals surface area contributed by atoms with Crippen LogP contribution in [0.3, 0.4) is 0 Å². The van der Waals surface area contributed by atoms with E-state index in [0.29, 0.717) is 5.92 Å². The number of allylic oxidation sites excluding steroid dienone is 14. The monoisotopic (exact) mass is 868 g/mol. The molecule has 7 aliphatic rings. The lowest BCUT2D eigenvalue weighted by molar-refractivity contribution is 0.592. The molecule has 0 spiro atoms. The van der Waals surface area contributed by atoms with Crippen molar-refractivity contribution in [3.63, 3.8) is 0 Å². The van der Waals surface area contributed by atoms with E-state index in [9.17, 15) is 0 Å². The first-order chi connectivity index (χ1) is 33.4. The summed E-state index contributed by atoms with van der Waals surface area (Å²) in [6.45, 7) is 9.26. The Morgan fingerprint density at radius 2 is 1.09 bits per heavy atom. The summed E-state index contributed by atoms with van der Waals surface area (Å²) < 4.78 is 0. The number of fused-ring (bicyclic) bond motifs is 7. The Kier molecular flexibility index (Phi) is 8.73. The highest BCUT2D eigenvalue weighted by atomic mass is 14.4. The Balaban J connectivity index is 1.04. The molecule has 0 bridgehead atoms. The van der Waals surface area contributed by atoms with E-state index < -0.39 is 0 Å². The van der Waals surface area contributed by atoms with Crippen molar-refractivity contribution in [2.24, 2.45) is 17.8 Å². The highest BCUT2D eigenvalue weighted by molar-refractivity contribution is 6.19. The van der Waals surface area contributed by atoms with Crippen LogP contribution in [-0.2, 0) is 0 Å². The van der Waals surface area contributed by atoms with Crippen molar-refractivity contribution in [3.8, 4) is 33.4 Å². The molecule has 7 aliphatic carbocycles. The van der Waals surface area contributed by atoms with Gasteiger partial charge in [-0.1, -0.05) is 171 Å². The van der Waals surface area contributed by atoms with E-state index in [0.717, 1.165) is 19.3 Å². The summed E-state index contributed by atoms with van der Waals surface area (Å²) in [5.74, 6) is 0.819. The molecule has 324 valence electrons. The first-order valence-corrected chi connectivity index (χ1v) is 24.9. The molecule has 7 aromatic carbocycles. The number of rotatable bonds is 4. The lowest BCUT2D eigenvalue weighted by Gasteiger charge is -2.36. The molecule has 68 heavy (non-hydrogen) atoms. The van der Waals surface area contributed by atoms with Crippen LogP contribution < -0.4 is 10.4 Å². The molecule has 0 heterocycles. The summed E-state index contributed by atoms with van der Waals surface area (Å²) in [5.41, 5.74) is 31.3. The maximum atomic E-state index is 2.59. The van der Waals surface area contributed by atoms with E-state index in [1.165, 1.54) is 149 Å². The van der Waals surface area contributed by atoms with Gasteiger partial charge >= 0.3 is 0 Å². The van der Waals surface area contributed by atoms with Crippen LogP contribution in [-0.4, -0.2) is 0 Å². The Hall–Kier alpha value is -7.54. The lowest BCUT2D eigenvalue weighted by Crippen LogP contribution is -2.34. The van der Waals surface area contributed by atoms with Gasteiger partial charge in [0, 0.05) is 11.8 Å². The van der Waals surface area contributed by atoms with Crippen LogP contribution in [0, 0.1) is 31.6 Å². The van der Waals surface area contributed by atoms with Gasteiger partial charge in [0.1, 0.15) is 0 Å². The predicted molar refractivity (Wildman–Crippen MR) is 287 cm³/mol. The Labute approximate surface area is 400 Å². The molecule has 0 saturated heterocycles. The fourth-order valence-electron chi connectivity index (χ4n) is 13.6. The molecule has 0 aromatic heterocycles. The van der Waals surface area contributed by atoms with Crippen molar-refractivity contribution < 1.29 is 0 Å². The lowest BCUT2D eigenvalue weighted by atomic mass is 9.67. The van der Waals surface area contributed by atoms with Gasteiger partial charge in [0.05, 0.1) is 0 Å². The highest BCUT2D eigenvalue weighted by Crippen LogP contribution is 2.55. The first kappa shape index (κ1) is 39.6. The minimum atomic E-state index is 0.147. The molecule has 0 nitrogen and oxygen atoms in total. The average molecular weight is 869 g/mol. The first-order valence-electron chi connectivity index (χ1n) is 24.9. The zero-order valence-corrected chi connectivity index (χ0v) is 39.3. The normalized spacial score (nSPS) is 20.2. The largest absolute Gasteiger partial charge is 0.0837 e. The molecule has 3 unspecified atom stereocenters. The molecule has 14 rings (SSSR count). The van der Waals surface area contributed by atoms with E-state index in [1.807, 2.05) is 0 Å². The zero-order valence-electron chi connectivity index (χ0n) is 39.3. The average Bonchev–Trinajstić information content (AvgIpc) is 3.88. The van der Waals surface area contributed by atoms with Crippen LogP contribution in [0.4, 0.5) is 0 Å². The maximum absolute atomic E-state index is 2.59. The molecular formula is C68H52. The van der Waals surface area contributed by atoms with Crippen LogP contribution in [0.25, 0.3) is 72.0 Å². The van der Waals surface area contributed by atoms with Crippen molar-refractivity contribution in [2.45, 2.75) is 47.0 Å². The summed E-state index contributed by atoms with van der Waals surface area (Å²) >= 11 is 0. The number of hydrogen-bond acceptors (Lipinski definition) is 0. The van der Waals surface area contributed by atoms with E-state index in [4.69, 9.17) is 0 Å². The quantitative estimate of drug-likeness (QED) is 0.165. The molecule has 0 aliphatic heterocycles. The van der Waals surface area contributed by atoms with Gasteiger partial charge < -0.3 is 0 Å². The maximum Gasteiger partial charge on any atom is 0.0193 e. The van der Waals surface area contributed by atoms with Crippen molar-refractivity contribution in [1.82, 2.24) is 0 Å². The summed E-state index contributed by atoms with van der Waals surface area (Å²) in [6, 6.07) is 51.2. The summed E-state index contributed by atoms with van der Waals surface area (Å²) in [4.78, 5) is 0. The standard InChI is InChI=1S/C68H52/c1-39-15-5-7-20-45(39)59-35-43-19-12-24-51-49(50-31-32-56-48-23-10-9-22-47(48)52-25-13-26-53(50)67(52)56)30-29-44(66(43)51)36-60(46-21-8-6-16-40(46)2)64-38-62-58-34-33-57(65-41(3)17-11-18-42(65)4)54-27-14-28-55(68(54)58)61(62)37-63(59)64/h5-17,19-30,33-38,42,51,66H,18,31-32H2,1-4H3. The topological polar surface area (TPSA) is 0 Å². The van der Waals surface area contributed by atoms with Gasteiger partial charge in [-0.3, -0.25) is 0 Å². The Bertz CT molecular complexity index is 3850. The van der Waals surface area contributed by atoms with Crippen LogP contribution in [0.2, 0.25) is 0 Å². The van der Waals surface area contributed by atoms with Crippen LogP contribution in [0.15, 0.2) is 210 Å². The third-order valence-corrected chi connectivity index (χ3v) is 16.6. The van der Waals surface area contributed by atoms with Gasteiger partial charge in [0.15, 0.2) is 0 Å². The van der Waals surface area contributed by atoms with E-state index in [-0.39, 0.29) is 11.8 Å². The van der Waals surface area contributed by atoms with Crippen molar-refractivity contribution in [2.75, 3.05) is 0 Å². The number of hydrogen-bond donors (Lipinski definition) is 0. The van der Waals surface area contributed by atoms with Crippen molar-refractivity contribution in [1.29, 1.82) is 0 Å². The van der Waals surface area contributed by atoms with Gasteiger partial charge in [-0.25, -0.2) is 0 Å². The van der Waals surface area contributed by atoms with Crippen LogP contribution in [0.1, 0.15) is 77.6 Å². The molecule has 0 N–H and O–H groups in total. The van der Waals surface area contributed by atoms with Gasteiger partial charge in [-0.2, -0.15) is 0 Å². The van der Waals surface area contributed by atoms with Gasteiger partial charge in [-0.05, 0) is 219 Å². The number of aryl methyl sites for hydroxylation is 2. The molecule has 0 amide bonds. The zero-order chi connectivity index (χ0) is 45.4. The van der Waals surface area contributed by atoms with E-state index in [2.05, 4.69) is 216 Å². The Morgan fingerprint density at radius 1 is 0.485 bits per heavy atom. The van der Waals surface area contributed by atoms with Gasteiger partial charge in [0.25, 0.3) is 0 Å². The number of benzene rings is 7. The third-order valence-electron chi connectivity index (χ3n) is 16.6. The van der Waals surface area contributed by atoms with Crippen molar-refractivity contribution in [3.05, 3.63) is 265 Å². The molecule has 7 aromatic rings. The summed E-state index contributed by atoms with van der Waals surface area (Å²) in [6.07, 6.45) is 25.3. The molecule has 0 fully saturated rings. The predicted octanol–water partition coefficient (Wildman–Crippen LogP) is 15.8. The van der Waals surface area contributed by atoms with Gasteiger partial charge in [-0.15, -0.1) is 0 Å². The van der Waals surface area contributed by atoms with E-state index >= 15 is 0 Å². The second-order valence-corrected chi connectivity index (χ2v) is 20.3. The van der Waals surface area contributed by atoms with Crippen LogP contribution >= 0.6 is 0 Å².